The van der Waals surface area contributed by atoms with Crippen LogP contribution in [-0.4, -0.2) is 34.6 Å². The second-order valence-electron chi connectivity index (χ2n) is 7.06. The molecule has 1 unspecified atom stereocenters. The van der Waals surface area contributed by atoms with Gasteiger partial charge in [0.25, 0.3) is 5.89 Å². The quantitative estimate of drug-likeness (QED) is 0.620. The van der Waals surface area contributed by atoms with E-state index >= 15 is 0 Å². The molecule has 0 radical (unpaired) electrons. The number of rotatable bonds is 5. The van der Waals surface area contributed by atoms with E-state index in [0.717, 1.165) is 17.7 Å². The molecule has 2 aromatic carbocycles. The van der Waals surface area contributed by atoms with Gasteiger partial charge in [0.2, 0.25) is 5.91 Å². The number of halogens is 3. The van der Waals surface area contributed by atoms with Crippen molar-refractivity contribution >= 4 is 5.91 Å². The number of ether oxygens (including phenoxy) is 1. The predicted octanol–water partition coefficient (Wildman–Crippen LogP) is 4.28. The van der Waals surface area contributed by atoms with Gasteiger partial charge >= 0.3 is 6.18 Å². The topological polar surface area (TPSA) is 68.5 Å². The highest BCUT2D eigenvalue weighted by atomic mass is 19.4. The summed E-state index contributed by atoms with van der Waals surface area (Å²) in [6.07, 6.45) is -4.16. The molecule has 0 bridgehead atoms. The fourth-order valence-corrected chi connectivity index (χ4v) is 3.37. The van der Waals surface area contributed by atoms with Crippen LogP contribution in [0.4, 0.5) is 13.2 Å². The fourth-order valence-electron chi connectivity index (χ4n) is 3.37. The number of hydrogen-bond acceptors (Lipinski definition) is 5. The zero-order valence-corrected chi connectivity index (χ0v) is 16.0. The number of carbonyl (C=O) groups excluding carboxylic acids is 1. The summed E-state index contributed by atoms with van der Waals surface area (Å²) in [7, 11) is 1.58. The summed E-state index contributed by atoms with van der Waals surface area (Å²) in [5.41, 5.74) is 0.652. The third-order valence-corrected chi connectivity index (χ3v) is 5.01. The Labute approximate surface area is 170 Å². The van der Waals surface area contributed by atoms with E-state index in [1.54, 1.807) is 36.3 Å². The number of aromatic nitrogens is 2. The van der Waals surface area contributed by atoms with Crippen LogP contribution in [0.25, 0.3) is 11.5 Å². The molecule has 30 heavy (non-hydrogen) atoms. The van der Waals surface area contributed by atoms with E-state index in [9.17, 15) is 18.0 Å². The van der Waals surface area contributed by atoms with Crippen molar-refractivity contribution in [3.05, 3.63) is 65.5 Å². The minimum absolute atomic E-state index is 0.101. The van der Waals surface area contributed by atoms with E-state index in [-0.39, 0.29) is 24.8 Å². The van der Waals surface area contributed by atoms with Gasteiger partial charge in [0, 0.05) is 31.0 Å². The molecule has 6 nitrogen and oxygen atoms in total. The van der Waals surface area contributed by atoms with Crippen molar-refractivity contribution in [3.8, 4) is 17.2 Å². The van der Waals surface area contributed by atoms with Crippen molar-refractivity contribution in [1.29, 1.82) is 0 Å². The Bertz CT molecular complexity index is 1030. The van der Waals surface area contributed by atoms with E-state index in [4.69, 9.17) is 9.26 Å². The molecule has 4 rings (SSSR count). The van der Waals surface area contributed by atoms with Crippen LogP contribution < -0.4 is 4.74 Å². The number of methoxy groups -OCH3 is 1. The molecule has 2 heterocycles. The molecule has 0 saturated carbocycles. The minimum Gasteiger partial charge on any atom is -0.497 e. The highest BCUT2D eigenvalue weighted by Gasteiger charge is 2.34. The molecule has 0 aliphatic carbocycles. The molecule has 0 N–H and O–H groups in total. The van der Waals surface area contributed by atoms with E-state index in [1.807, 2.05) is 0 Å². The zero-order valence-electron chi connectivity index (χ0n) is 16.0. The maximum absolute atomic E-state index is 12.7. The molecule has 3 aromatic rings. The van der Waals surface area contributed by atoms with Crippen molar-refractivity contribution in [2.24, 2.45) is 0 Å². The Morgan fingerprint density at radius 2 is 1.83 bits per heavy atom. The van der Waals surface area contributed by atoms with Crippen LogP contribution in [0.15, 0.2) is 53.1 Å². The molecule has 156 valence electrons. The third kappa shape index (κ3) is 4.14. The van der Waals surface area contributed by atoms with Crippen LogP contribution in [0.1, 0.15) is 29.3 Å². The predicted molar refractivity (Wildman–Crippen MR) is 101 cm³/mol. The van der Waals surface area contributed by atoms with E-state index < -0.39 is 11.7 Å². The molecule has 1 saturated heterocycles. The van der Waals surface area contributed by atoms with Gasteiger partial charge in [-0.05, 0) is 42.0 Å². The summed E-state index contributed by atoms with van der Waals surface area (Å²) in [5, 5.41) is 4.01. The first-order valence-corrected chi connectivity index (χ1v) is 9.25. The molecule has 1 fully saturated rings. The van der Waals surface area contributed by atoms with E-state index in [0.29, 0.717) is 29.6 Å². The normalized spacial score (nSPS) is 16.9. The van der Waals surface area contributed by atoms with Gasteiger partial charge in [0.15, 0.2) is 5.82 Å². The standard InChI is InChI=1S/C21H18F3N3O3/c1-29-17-8-4-14(5-9-17)20-25-19(26-30-20)15-10-18(28)27(12-15)11-13-2-6-16(7-3-13)21(22,23)24/h2-9,15H,10-12H2,1H3. The van der Waals surface area contributed by atoms with Crippen molar-refractivity contribution in [1.82, 2.24) is 15.0 Å². The van der Waals surface area contributed by atoms with Gasteiger partial charge in [-0.15, -0.1) is 0 Å². The van der Waals surface area contributed by atoms with Gasteiger partial charge in [0.1, 0.15) is 5.75 Å². The van der Waals surface area contributed by atoms with Crippen LogP contribution in [-0.2, 0) is 17.5 Å². The number of amides is 1. The molecule has 0 spiro atoms. The second-order valence-corrected chi connectivity index (χ2v) is 7.06. The number of nitrogens with zero attached hydrogens (tertiary/aromatic N) is 3. The van der Waals surface area contributed by atoms with Gasteiger partial charge in [-0.25, -0.2) is 0 Å². The lowest BCUT2D eigenvalue weighted by atomic mass is 10.1. The van der Waals surface area contributed by atoms with Crippen LogP contribution in [0, 0.1) is 0 Å². The smallest absolute Gasteiger partial charge is 0.416 e. The lowest BCUT2D eigenvalue weighted by molar-refractivity contribution is -0.137. The molecular weight excluding hydrogens is 399 g/mol. The molecule has 1 amide bonds. The van der Waals surface area contributed by atoms with Gasteiger partial charge < -0.3 is 14.2 Å². The highest BCUT2D eigenvalue weighted by Crippen LogP contribution is 2.31. The monoisotopic (exact) mass is 417 g/mol. The number of benzene rings is 2. The Morgan fingerprint density at radius 3 is 2.47 bits per heavy atom. The highest BCUT2D eigenvalue weighted by molar-refractivity contribution is 5.79. The molecule has 1 atom stereocenters. The number of alkyl halides is 3. The third-order valence-electron chi connectivity index (χ3n) is 5.01. The minimum atomic E-state index is -4.38. The Morgan fingerprint density at radius 1 is 1.13 bits per heavy atom. The molecule has 1 aliphatic rings. The van der Waals surface area contributed by atoms with Gasteiger partial charge in [-0.2, -0.15) is 18.2 Å². The van der Waals surface area contributed by atoms with Crippen molar-refractivity contribution in [2.75, 3.05) is 13.7 Å². The summed E-state index contributed by atoms with van der Waals surface area (Å²) in [4.78, 5) is 18.4. The SMILES string of the molecule is COc1ccc(-c2nc(C3CC(=O)N(Cc4ccc(C(F)(F)F)cc4)C3)no2)cc1. The maximum atomic E-state index is 12.7. The number of carbonyl (C=O) groups is 1. The second kappa shape index (κ2) is 7.81. The summed E-state index contributed by atoms with van der Waals surface area (Å²) in [6.45, 7) is 0.609. The lowest BCUT2D eigenvalue weighted by Gasteiger charge is -2.16. The molecular formula is C21H18F3N3O3. The Hall–Kier alpha value is -3.36. The first kappa shape index (κ1) is 19.9. The number of likely N-dealkylation sites (tertiary alicyclic amines) is 1. The van der Waals surface area contributed by atoms with E-state index in [2.05, 4.69) is 10.1 Å². The summed E-state index contributed by atoms with van der Waals surface area (Å²) < 4.78 is 48.5. The maximum Gasteiger partial charge on any atom is 0.416 e. The van der Waals surface area contributed by atoms with Crippen molar-refractivity contribution in [2.45, 2.75) is 25.1 Å². The van der Waals surface area contributed by atoms with Gasteiger partial charge in [-0.1, -0.05) is 17.3 Å². The van der Waals surface area contributed by atoms with Gasteiger partial charge in [0.05, 0.1) is 12.7 Å². The zero-order chi connectivity index (χ0) is 21.3. The van der Waals surface area contributed by atoms with Crippen LogP contribution in [0.3, 0.4) is 0 Å². The van der Waals surface area contributed by atoms with E-state index in [1.165, 1.54) is 12.1 Å². The largest absolute Gasteiger partial charge is 0.497 e. The Balaban J connectivity index is 1.43. The van der Waals surface area contributed by atoms with Gasteiger partial charge in [-0.3, -0.25) is 4.79 Å². The van der Waals surface area contributed by atoms with Crippen LogP contribution in [0.5, 0.6) is 5.75 Å². The molecule has 9 heteroatoms. The molecule has 1 aliphatic heterocycles. The number of hydrogen-bond donors (Lipinski definition) is 0. The molecule has 1 aromatic heterocycles. The van der Waals surface area contributed by atoms with Crippen LogP contribution >= 0.6 is 0 Å². The van der Waals surface area contributed by atoms with Crippen molar-refractivity contribution in [3.63, 3.8) is 0 Å². The fraction of sp³-hybridized carbons (Fsp3) is 0.286. The first-order chi connectivity index (χ1) is 14.3. The lowest BCUT2D eigenvalue weighted by Crippen LogP contribution is -2.24. The first-order valence-electron chi connectivity index (χ1n) is 9.25. The average Bonchev–Trinajstić information content (AvgIpc) is 3.35. The van der Waals surface area contributed by atoms with Crippen LogP contribution in [0.2, 0.25) is 0 Å². The summed E-state index contributed by atoms with van der Waals surface area (Å²) in [5.74, 6) is 1.16. The average molecular weight is 417 g/mol. The Kier molecular flexibility index (Phi) is 5.19. The summed E-state index contributed by atoms with van der Waals surface area (Å²) >= 11 is 0. The van der Waals surface area contributed by atoms with Crippen molar-refractivity contribution < 1.29 is 27.2 Å². The summed E-state index contributed by atoms with van der Waals surface area (Å²) in [6, 6.07) is 12.0.